The number of sulfone groups is 1. The average Bonchev–Trinajstić information content (AvgIpc) is 2.66. The molecule has 0 saturated heterocycles. The second-order valence-electron chi connectivity index (χ2n) is 4.07. The van der Waals surface area contributed by atoms with Crippen molar-refractivity contribution < 1.29 is 12.8 Å². The molecule has 0 amide bonds. The first-order valence-electron chi connectivity index (χ1n) is 5.48. The number of benzene rings is 1. The molecule has 0 fully saturated rings. The van der Waals surface area contributed by atoms with E-state index in [-0.39, 0.29) is 27.2 Å². The molecular formula is C11H12ClFN4O2S. The number of nitrogens with one attached hydrogen (secondary N) is 1. The summed E-state index contributed by atoms with van der Waals surface area (Å²) >= 11 is 5.93. The van der Waals surface area contributed by atoms with Gasteiger partial charge in [0.1, 0.15) is 17.3 Å². The normalized spacial score (nSPS) is 11.6. The predicted molar refractivity (Wildman–Crippen MR) is 75.6 cm³/mol. The van der Waals surface area contributed by atoms with Crippen LogP contribution in [0.4, 0.5) is 16.0 Å². The highest BCUT2D eigenvalue weighted by molar-refractivity contribution is 7.91. The zero-order valence-corrected chi connectivity index (χ0v) is 12.3. The van der Waals surface area contributed by atoms with Crippen LogP contribution in [0.2, 0.25) is 5.02 Å². The molecule has 0 unspecified atom stereocenters. The molecule has 0 aliphatic heterocycles. The predicted octanol–water partition coefficient (Wildman–Crippen LogP) is 1.69. The maximum Gasteiger partial charge on any atom is 0.182 e. The topological polar surface area (TPSA) is 90.0 Å². The second-order valence-corrected chi connectivity index (χ2v) is 6.43. The van der Waals surface area contributed by atoms with E-state index in [0.29, 0.717) is 0 Å². The van der Waals surface area contributed by atoms with Crippen LogP contribution >= 0.6 is 11.6 Å². The van der Waals surface area contributed by atoms with E-state index in [0.717, 1.165) is 10.9 Å². The number of hydrogen-bond acceptors (Lipinski definition) is 5. The first kappa shape index (κ1) is 14.6. The van der Waals surface area contributed by atoms with E-state index < -0.39 is 15.7 Å². The van der Waals surface area contributed by atoms with Gasteiger partial charge in [0.25, 0.3) is 0 Å². The quantitative estimate of drug-likeness (QED) is 0.899. The van der Waals surface area contributed by atoms with Gasteiger partial charge < -0.3 is 11.1 Å². The molecule has 0 bridgehead atoms. The summed E-state index contributed by atoms with van der Waals surface area (Å²) in [6.45, 7) is 0. The van der Waals surface area contributed by atoms with Gasteiger partial charge in [-0.05, 0) is 12.1 Å². The monoisotopic (exact) mass is 318 g/mol. The molecule has 0 atom stereocenters. The molecule has 2 aromatic rings. The van der Waals surface area contributed by atoms with Gasteiger partial charge in [0, 0.05) is 13.3 Å². The Kier molecular flexibility index (Phi) is 3.61. The van der Waals surface area contributed by atoms with Gasteiger partial charge in [0.2, 0.25) is 0 Å². The molecule has 20 heavy (non-hydrogen) atoms. The number of rotatable bonds is 3. The van der Waals surface area contributed by atoms with Crippen molar-refractivity contribution >= 4 is 33.1 Å². The average molecular weight is 319 g/mol. The lowest BCUT2D eigenvalue weighted by Crippen LogP contribution is -2.07. The lowest BCUT2D eigenvalue weighted by Gasteiger charge is -2.07. The molecule has 3 N–H and O–H groups in total. The van der Waals surface area contributed by atoms with E-state index >= 15 is 0 Å². The van der Waals surface area contributed by atoms with Crippen molar-refractivity contribution in [3.05, 3.63) is 29.0 Å². The summed E-state index contributed by atoms with van der Waals surface area (Å²) in [5, 5.41) is 6.65. The van der Waals surface area contributed by atoms with E-state index in [1.807, 2.05) is 0 Å². The van der Waals surface area contributed by atoms with Gasteiger partial charge in [0.15, 0.2) is 20.6 Å². The van der Waals surface area contributed by atoms with Crippen LogP contribution in [0.25, 0.3) is 5.69 Å². The van der Waals surface area contributed by atoms with Crippen LogP contribution in [0.15, 0.2) is 23.1 Å². The zero-order chi connectivity index (χ0) is 15.1. The standard InChI is InChI=1S/C11H12ClFN4O2S/c1-15-11-9(20(2,18)19)10(14)17(16-11)8-6(12)4-3-5-7(8)13/h3-5H,14H2,1-2H3,(H,15,16). The highest BCUT2D eigenvalue weighted by atomic mass is 35.5. The number of halogens is 2. The number of aromatic nitrogens is 2. The number of nitrogens with two attached hydrogens (primary N) is 1. The van der Waals surface area contributed by atoms with Crippen molar-refractivity contribution in [2.75, 3.05) is 24.4 Å². The first-order chi connectivity index (χ1) is 9.27. The minimum Gasteiger partial charge on any atom is -0.382 e. The Morgan fingerprint density at radius 1 is 1.45 bits per heavy atom. The van der Waals surface area contributed by atoms with Gasteiger partial charge in [-0.3, -0.25) is 0 Å². The Labute approximate surface area is 120 Å². The molecule has 0 aliphatic rings. The molecule has 1 heterocycles. The summed E-state index contributed by atoms with van der Waals surface area (Å²) in [4.78, 5) is -0.195. The van der Waals surface area contributed by atoms with Gasteiger partial charge >= 0.3 is 0 Å². The third kappa shape index (κ3) is 2.32. The molecule has 6 nitrogen and oxygen atoms in total. The fourth-order valence-electron chi connectivity index (χ4n) is 1.81. The largest absolute Gasteiger partial charge is 0.382 e. The van der Waals surface area contributed by atoms with Crippen molar-refractivity contribution in [1.82, 2.24) is 9.78 Å². The summed E-state index contributed by atoms with van der Waals surface area (Å²) in [7, 11) is -2.14. The van der Waals surface area contributed by atoms with Gasteiger partial charge in [0.05, 0.1) is 5.02 Å². The Morgan fingerprint density at radius 3 is 2.55 bits per heavy atom. The van der Waals surface area contributed by atoms with E-state index in [4.69, 9.17) is 17.3 Å². The van der Waals surface area contributed by atoms with Crippen LogP contribution < -0.4 is 11.1 Å². The SMILES string of the molecule is CNc1nn(-c2c(F)cccc2Cl)c(N)c1S(C)(=O)=O. The maximum absolute atomic E-state index is 13.9. The van der Waals surface area contributed by atoms with Gasteiger partial charge in [-0.2, -0.15) is 0 Å². The fourth-order valence-corrected chi connectivity index (χ4v) is 3.01. The number of para-hydroxylation sites is 1. The highest BCUT2D eigenvalue weighted by Gasteiger charge is 2.26. The summed E-state index contributed by atoms with van der Waals surface area (Å²) in [5.41, 5.74) is 5.69. The van der Waals surface area contributed by atoms with Gasteiger partial charge in [-0.1, -0.05) is 17.7 Å². The summed E-state index contributed by atoms with van der Waals surface area (Å²) < 4.78 is 38.4. The van der Waals surface area contributed by atoms with E-state index in [1.54, 1.807) is 0 Å². The Hall–Kier alpha value is -1.80. The maximum atomic E-state index is 13.9. The van der Waals surface area contributed by atoms with Crippen LogP contribution in [0.5, 0.6) is 0 Å². The van der Waals surface area contributed by atoms with Crippen LogP contribution in [-0.2, 0) is 9.84 Å². The molecule has 0 aliphatic carbocycles. The lowest BCUT2D eigenvalue weighted by molar-refractivity contribution is 0.602. The molecule has 1 aromatic heterocycles. The first-order valence-corrected chi connectivity index (χ1v) is 7.75. The fraction of sp³-hybridized carbons (Fsp3) is 0.182. The van der Waals surface area contributed by atoms with E-state index in [1.165, 1.54) is 25.2 Å². The van der Waals surface area contributed by atoms with Crippen molar-refractivity contribution in [3.63, 3.8) is 0 Å². The summed E-state index contributed by atoms with van der Waals surface area (Å²) in [5.74, 6) is -0.831. The highest BCUT2D eigenvalue weighted by Crippen LogP contribution is 2.32. The molecular weight excluding hydrogens is 307 g/mol. The Balaban J connectivity index is 2.82. The zero-order valence-electron chi connectivity index (χ0n) is 10.7. The van der Waals surface area contributed by atoms with Crippen molar-refractivity contribution in [3.8, 4) is 5.69 Å². The third-order valence-corrected chi connectivity index (χ3v) is 4.08. The smallest absolute Gasteiger partial charge is 0.182 e. The Morgan fingerprint density at radius 2 is 2.10 bits per heavy atom. The molecule has 9 heteroatoms. The van der Waals surface area contributed by atoms with Crippen LogP contribution in [0.1, 0.15) is 0 Å². The molecule has 0 radical (unpaired) electrons. The van der Waals surface area contributed by atoms with Crippen molar-refractivity contribution in [2.24, 2.45) is 0 Å². The van der Waals surface area contributed by atoms with Crippen LogP contribution in [0, 0.1) is 5.82 Å². The second kappa shape index (κ2) is 4.95. The lowest BCUT2D eigenvalue weighted by atomic mass is 10.3. The molecule has 108 valence electrons. The van der Waals surface area contributed by atoms with Crippen LogP contribution in [-0.4, -0.2) is 31.5 Å². The molecule has 2 rings (SSSR count). The molecule has 1 aromatic carbocycles. The molecule has 0 saturated carbocycles. The number of hydrogen-bond donors (Lipinski definition) is 2. The summed E-state index contributed by atoms with van der Waals surface area (Å²) in [6, 6.07) is 4.07. The number of nitrogens with zero attached hydrogens (tertiary/aromatic N) is 2. The van der Waals surface area contributed by atoms with E-state index in [2.05, 4.69) is 10.4 Å². The number of nitrogen functional groups attached to an aromatic ring is 1. The van der Waals surface area contributed by atoms with Gasteiger partial charge in [-0.25, -0.2) is 17.5 Å². The minimum atomic E-state index is -3.63. The van der Waals surface area contributed by atoms with Crippen molar-refractivity contribution in [2.45, 2.75) is 4.90 Å². The number of anilines is 2. The Bertz CT molecular complexity index is 753. The van der Waals surface area contributed by atoms with Gasteiger partial charge in [-0.15, -0.1) is 5.10 Å². The van der Waals surface area contributed by atoms with E-state index in [9.17, 15) is 12.8 Å². The third-order valence-electron chi connectivity index (χ3n) is 2.63. The summed E-state index contributed by atoms with van der Waals surface area (Å²) in [6.07, 6.45) is 0.995. The van der Waals surface area contributed by atoms with Crippen LogP contribution in [0.3, 0.4) is 0 Å². The van der Waals surface area contributed by atoms with Crippen molar-refractivity contribution in [1.29, 1.82) is 0 Å². The minimum absolute atomic E-state index is 0.0318. The molecule has 0 spiro atoms.